The summed E-state index contributed by atoms with van der Waals surface area (Å²) in [6.45, 7) is 0.150. The Morgan fingerprint density at radius 3 is 3.36 bits per heavy atom. The smallest absolute Gasteiger partial charge is 0.200 e. The van der Waals surface area contributed by atoms with Gasteiger partial charge in [-0.1, -0.05) is 11.0 Å². The van der Waals surface area contributed by atoms with Crippen LogP contribution in [0.1, 0.15) is 5.82 Å². The van der Waals surface area contributed by atoms with E-state index in [1.807, 2.05) is 0 Å². The predicted molar refractivity (Wildman–Crippen MR) is 37.3 cm³/mol. The zero-order chi connectivity index (χ0) is 7.94. The summed E-state index contributed by atoms with van der Waals surface area (Å²) in [4.78, 5) is 6.27. The molecule has 0 saturated carbocycles. The number of H-pyrrole nitrogens is 1. The van der Waals surface area contributed by atoms with Gasteiger partial charge >= 0.3 is 0 Å². The van der Waals surface area contributed by atoms with Crippen LogP contribution in [0.2, 0.25) is 0 Å². The molecule has 0 saturated heterocycles. The van der Waals surface area contributed by atoms with E-state index >= 15 is 0 Å². The Morgan fingerprint density at radius 2 is 2.73 bits per heavy atom. The summed E-state index contributed by atoms with van der Waals surface area (Å²) < 4.78 is 0. The van der Waals surface area contributed by atoms with Crippen molar-refractivity contribution in [2.24, 2.45) is 5.11 Å². The molecular formula is C5H4N6. The molecule has 1 aromatic heterocycles. The van der Waals surface area contributed by atoms with E-state index in [0.717, 1.165) is 0 Å². The fourth-order valence-corrected chi connectivity index (χ4v) is 0.456. The van der Waals surface area contributed by atoms with Crippen molar-refractivity contribution in [1.29, 1.82) is 0 Å². The normalized spacial score (nSPS) is 7.64. The summed E-state index contributed by atoms with van der Waals surface area (Å²) in [5.74, 6) is 5.67. The van der Waals surface area contributed by atoms with Gasteiger partial charge in [0, 0.05) is 4.91 Å². The van der Waals surface area contributed by atoms with Crippen LogP contribution in [0.4, 0.5) is 0 Å². The van der Waals surface area contributed by atoms with Crippen LogP contribution < -0.4 is 0 Å². The molecule has 54 valence electrons. The third kappa shape index (κ3) is 2.39. The second-order valence-corrected chi connectivity index (χ2v) is 1.52. The Bertz CT molecular complexity index is 308. The number of aromatic amines is 1. The van der Waals surface area contributed by atoms with Gasteiger partial charge < -0.3 is 0 Å². The van der Waals surface area contributed by atoms with Gasteiger partial charge in [0.25, 0.3) is 0 Å². The average molecular weight is 148 g/mol. The molecule has 0 unspecified atom stereocenters. The number of azide groups is 1. The second kappa shape index (κ2) is 3.93. The summed E-state index contributed by atoms with van der Waals surface area (Å²) in [6.07, 6.45) is 1.36. The highest BCUT2D eigenvalue weighted by molar-refractivity contribution is 5.18. The molecule has 0 aliphatic rings. The fraction of sp³-hybridized carbons (Fsp3) is 0.200. The van der Waals surface area contributed by atoms with Crippen LogP contribution in [0, 0.1) is 11.8 Å². The Hall–Kier alpha value is -1.99. The van der Waals surface area contributed by atoms with Gasteiger partial charge in [0.1, 0.15) is 6.33 Å². The first-order chi connectivity index (χ1) is 5.43. The number of nitrogens with one attached hydrogen (secondary N) is 1. The highest BCUT2D eigenvalue weighted by atomic mass is 15.2. The SMILES string of the molecule is [N-]=[N+]=NCC#Cc1ncn[nH]1. The first-order valence-electron chi connectivity index (χ1n) is 2.78. The van der Waals surface area contributed by atoms with Crippen molar-refractivity contribution in [2.75, 3.05) is 6.54 Å². The van der Waals surface area contributed by atoms with E-state index in [4.69, 9.17) is 5.53 Å². The number of rotatable bonds is 1. The lowest BCUT2D eigenvalue weighted by atomic mass is 10.5. The van der Waals surface area contributed by atoms with Crippen molar-refractivity contribution >= 4 is 0 Å². The van der Waals surface area contributed by atoms with Crippen LogP contribution in [0.5, 0.6) is 0 Å². The minimum absolute atomic E-state index is 0.150. The zero-order valence-corrected chi connectivity index (χ0v) is 5.52. The molecule has 6 heteroatoms. The lowest BCUT2D eigenvalue weighted by molar-refractivity contribution is 1.07. The van der Waals surface area contributed by atoms with Crippen LogP contribution in [0.25, 0.3) is 10.4 Å². The third-order valence-electron chi connectivity index (χ3n) is 0.835. The molecule has 0 aliphatic carbocycles. The lowest BCUT2D eigenvalue weighted by Crippen LogP contribution is -1.77. The van der Waals surface area contributed by atoms with Crippen molar-refractivity contribution in [3.63, 3.8) is 0 Å². The van der Waals surface area contributed by atoms with Gasteiger partial charge in [-0.15, -0.1) is 0 Å². The molecule has 0 amide bonds. The number of hydrogen-bond acceptors (Lipinski definition) is 3. The Morgan fingerprint density at radius 1 is 1.82 bits per heavy atom. The van der Waals surface area contributed by atoms with Crippen molar-refractivity contribution in [3.8, 4) is 11.8 Å². The van der Waals surface area contributed by atoms with Gasteiger partial charge in [-0.2, -0.15) is 5.10 Å². The Labute approximate surface area is 62.3 Å². The summed E-state index contributed by atoms with van der Waals surface area (Å²) in [5.41, 5.74) is 7.88. The van der Waals surface area contributed by atoms with E-state index in [2.05, 4.69) is 37.0 Å². The molecule has 1 heterocycles. The summed E-state index contributed by atoms with van der Waals surface area (Å²) in [7, 11) is 0. The Balaban J connectivity index is 2.52. The van der Waals surface area contributed by atoms with Crippen molar-refractivity contribution in [1.82, 2.24) is 15.2 Å². The van der Waals surface area contributed by atoms with Gasteiger partial charge in [-0.25, -0.2) is 4.98 Å². The summed E-state index contributed by atoms with van der Waals surface area (Å²) >= 11 is 0. The average Bonchev–Trinajstić information content (AvgIpc) is 2.50. The van der Waals surface area contributed by atoms with Gasteiger partial charge in [0.15, 0.2) is 0 Å². The van der Waals surface area contributed by atoms with E-state index in [1.54, 1.807) is 0 Å². The van der Waals surface area contributed by atoms with E-state index in [-0.39, 0.29) is 6.54 Å². The van der Waals surface area contributed by atoms with E-state index in [9.17, 15) is 0 Å². The van der Waals surface area contributed by atoms with E-state index in [1.165, 1.54) is 6.33 Å². The standard InChI is InChI=1S/C5H4N6/c6-11-8-3-1-2-5-7-4-9-10-5/h4H,3H2,(H,7,9,10). The summed E-state index contributed by atoms with van der Waals surface area (Å²) in [6, 6.07) is 0. The van der Waals surface area contributed by atoms with E-state index < -0.39 is 0 Å². The quantitative estimate of drug-likeness (QED) is 0.271. The van der Waals surface area contributed by atoms with Crippen molar-refractivity contribution < 1.29 is 0 Å². The minimum Gasteiger partial charge on any atom is -0.253 e. The maximum atomic E-state index is 7.88. The predicted octanol–water partition coefficient (Wildman–Crippen LogP) is 0.466. The minimum atomic E-state index is 0.150. The maximum Gasteiger partial charge on any atom is 0.200 e. The monoisotopic (exact) mass is 148 g/mol. The molecular weight excluding hydrogens is 144 g/mol. The van der Waals surface area contributed by atoms with Crippen LogP contribution in [-0.2, 0) is 0 Å². The molecule has 1 rings (SSSR count). The second-order valence-electron chi connectivity index (χ2n) is 1.52. The van der Waals surface area contributed by atoms with Crippen LogP contribution in [-0.4, -0.2) is 21.7 Å². The van der Waals surface area contributed by atoms with Crippen LogP contribution in [0.3, 0.4) is 0 Å². The molecule has 0 atom stereocenters. The molecule has 0 aliphatic heterocycles. The van der Waals surface area contributed by atoms with Gasteiger partial charge in [-0.3, -0.25) is 5.10 Å². The van der Waals surface area contributed by atoms with Gasteiger partial charge in [0.05, 0.1) is 6.54 Å². The van der Waals surface area contributed by atoms with Crippen LogP contribution in [0.15, 0.2) is 11.4 Å². The fourth-order valence-electron chi connectivity index (χ4n) is 0.456. The largest absolute Gasteiger partial charge is 0.253 e. The molecule has 0 bridgehead atoms. The van der Waals surface area contributed by atoms with Crippen molar-refractivity contribution in [3.05, 3.63) is 22.6 Å². The zero-order valence-electron chi connectivity index (χ0n) is 5.52. The maximum absolute atomic E-state index is 7.88. The summed E-state index contributed by atoms with van der Waals surface area (Å²) in [5, 5.41) is 9.34. The molecule has 0 aromatic carbocycles. The Kier molecular flexibility index (Phi) is 2.54. The molecule has 0 spiro atoms. The molecule has 1 aromatic rings. The van der Waals surface area contributed by atoms with Crippen molar-refractivity contribution in [2.45, 2.75) is 0 Å². The highest BCUT2D eigenvalue weighted by Crippen LogP contribution is 1.78. The van der Waals surface area contributed by atoms with Crippen LogP contribution >= 0.6 is 0 Å². The molecule has 11 heavy (non-hydrogen) atoms. The topological polar surface area (TPSA) is 90.3 Å². The molecule has 6 nitrogen and oxygen atoms in total. The number of nitrogens with zero attached hydrogens (tertiary/aromatic N) is 5. The molecule has 0 radical (unpaired) electrons. The molecule has 1 N–H and O–H groups in total. The first kappa shape index (κ1) is 7.12. The molecule has 0 fully saturated rings. The number of aromatic nitrogens is 3. The van der Waals surface area contributed by atoms with E-state index in [0.29, 0.717) is 5.82 Å². The van der Waals surface area contributed by atoms with Gasteiger partial charge in [0.2, 0.25) is 5.82 Å². The highest BCUT2D eigenvalue weighted by Gasteiger charge is 1.83. The van der Waals surface area contributed by atoms with Gasteiger partial charge in [-0.05, 0) is 11.5 Å². The first-order valence-corrected chi connectivity index (χ1v) is 2.78. The lowest BCUT2D eigenvalue weighted by Gasteiger charge is -1.72. The number of hydrogen-bond donors (Lipinski definition) is 1. The third-order valence-corrected chi connectivity index (χ3v) is 0.835.